The molecule has 0 bridgehead atoms. The highest BCUT2D eigenvalue weighted by Crippen LogP contribution is 2.16. The maximum atomic E-state index is 11.9. The molecule has 0 unspecified atom stereocenters. The van der Waals surface area contributed by atoms with Gasteiger partial charge in [0, 0.05) is 14.8 Å². The van der Waals surface area contributed by atoms with E-state index in [1.807, 2.05) is 19.1 Å². The predicted molar refractivity (Wildman–Crippen MR) is 90.9 cm³/mol. The van der Waals surface area contributed by atoms with E-state index in [9.17, 15) is 4.79 Å². The Morgan fingerprint density at radius 2 is 1.81 bits per heavy atom. The van der Waals surface area contributed by atoms with E-state index in [-0.39, 0.29) is 5.84 Å². The van der Waals surface area contributed by atoms with Crippen LogP contribution in [0.2, 0.25) is 0 Å². The summed E-state index contributed by atoms with van der Waals surface area (Å²) in [5.41, 5.74) is 14.1. The molecule has 2 aromatic rings. The second-order valence-corrected chi connectivity index (χ2v) is 5.52. The highest BCUT2D eigenvalue weighted by molar-refractivity contribution is 14.1. The number of nitrogens with two attached hydrogens (primary N) is 2. The molecular weight excluding hydrogens is 381 g/mol. The zero-order valence-electron chi connectivity index (χ0n) is 11.3. The van der Waals surface area contributed by atoms with Crippen molar-refractivity contribution in [3.05, 3.63) is 62.7 Å². The number of carbonyl (C=O) groups excluding carboxylic acids is 1. The lowest BCUT2D eigenvalue weighted by molar-refractivity contribution is 0.0515. The normalized spacial score (nSPS) is 11.2. The SMILES string of the molecule is Cc1c(N)cccc1/C(N)=N/OC(=O)c1ccccc1I. The van der Waals surface area contributed by atoms with Crippen molar-refractivity contribution in [1.82, 2.24) is 0 Å². The predicted octanol–water partition coefficient (Wildman–Crippen LogP) is 2.66. The number of hydrogen-bond donors (Lipinski definition) is 2. The van der Waals surface area contributed by atoms with E-state index in [0.717, 1.165) is 9.13 Å². The van der Waals surface area contributed by atoms with Gasteiger partial charge < -0.3 is 16.3 Å². The lowest BCUT2D eigenvalue weighted by Crippen LogP contribution is -2.17. The Morgan fingerprint density at radius 1 is 1.14 bits per heavy atom. The maximum absolute atomic E-state index is 11.9. The van der Waals surface area contributed by atoms with Crippen LogP contribution in [0.5, 0.6) is 0 Å². The molecule has 0 amide bonds. The molecule has 0 fully saturated rings. The van der Waals surface area contributed by atoms with Crippen LogP contribution in [0.3, 0.4) is 0 Å². The first-order chi connectivity index (χ1) is 10.0. The van der Waals surface area contributed by atoms with E-state index in [0.29, 0.717) is 16.8 Å². The van der Waals surface area contributed by atoms with Crippen LogP contribution in [0.1, 0.15) is 21.5 Å². The maximum Gasteiger partial charge on any atom is 0.366 e. The molecule has 0 aliphatic carbocycles. The van der Waals surface area contributed by atoms with Crippen LogP contribution in [-0.4, -0.2) is 11.8 Å². The number of oxime groups is 1. The summed E-state index contributed by atoms with van der Waals surface area (Å²) in [4.78, 5) is 16.8. The standard InChI is InChI=1S/C15H14IN3O2/c1-9-10(6-4-8-13(9)17)14(18)19-21-15(20)11-5-2-3-7-12(11)16/h2-8H,17H2,1H3,(H2,18,19). The first kappa shape index (κ1) is 15.3. The smallest absolute Gasteiger partial charge is 0.366 e. The molecule has 2 aromatic carbocycles. The average molecular weight is 395 g/mol. The Morgan fingerprint density at radius 3 is 2.52 bits per heavy atom. The number of hydrogen-bond acceptors (Lipinski definition) is 4. The molecule has 0 spiro atoms. The highest BCUT2D eigenvalue weighted by Gasteiger charge is 2.12. The second kappa shape index (κ2) is 6.57. The average Bonchev–Trinajstić information content (AvgIpc) is 2.47. The Balaban J connectivity index is 2.19. The van der Waals surface area contributed by atoms with Gasteiger partial charge in [0.1, 0.15) is 0 Å². The minimum Gasteiger partial charge on any atom is -0.398 e. The Bertz CT molecular complexity index is 714. The fourth-order valence-electron chi connectivity index (χ4n) is 1.75. The van der Waals surface area contributed by atoms with E-state index < -0.39 is 5.97 Å². The van der Waals surface area contributed by atoms with Crippen molar-refractivity contribution in [1.29, 1.82) is 0 Å². The molecule has 0 aliphatic rings. The van der Waals surface area contributed by atoms with Gasteiger partial charge >= 0.3 is 5.97 Å². The number of amidine groups is 1. The summed E-state index contributed by atoms with van der Waals surface area (Å²) in [5.74, 6) is -0.441. The molecule has 21 heavy (non-hydrogen) atoms. The molecule has 0 heterocycles. The van der Waals surface area contributed by atoms with Crippen LogP contribution in [0.25, 0.3) is 0 Å². The number of nitrogen functional groups attached to an aromatic ring is 1. The number of nitrogens with zero attached hydrogens (tertiary/aromatic N) is 1. The van der Waals surface area contributed by atoms with Crippen LogP contribution in [0.15, 0.2) is 47.6 Å². The Labute approximate surface area is 136 Å². The molecule has 4 N–H and O–H groups in total. The zero-order chi connectivity index (χ0) is 15.4. The molecule has 0 aliphatic heterocycles. The van der Waals surface area contributed by atoms with Crippen LogP contribution in [0.4, 0.5) is 5.69 Å². The van der Waals surface area contributed by atoms with Crippen LogP contribution in [-0.2, 0) is 4.84 Å². The lowest BCUT2D eigenvalue weighted by Gasteiger charge is -2.07. The van der Waals surface area contributed by atoms with Gasteiger partial charge in [0.15, 0.2) is 5.84 Å². The Kier molecular flexibility index (Phi) is 4.79. The van der Waals surface area contributed by atoms with E-state index in [2.05, 4.69) is 27.7 Å². The summed E-state index contributed by atoms with van der Waals surface area (Å²) in [6.07, 6.45) is 0. The van der Waals surface area contributed by atoms with Gasteiger partial charge in [0.25, 0.3) is 0 Å². The largest absolute Gasteiger partial charge is 0.398 e. The van der Waals surface area contributed by atoms with E-state index >= 15 is 0 Å². The van der Waals surface area contributed by atoms with Crippen LogP contribution in [0, 0.1) is 10.5 Å². The molecule has 2 rings (SSSR count). The molecule has 0 saturated carbocycles. The quantitative estimate of drug-likeness (QED) is 0.209. The summed E-state index contributed by atoms with van der Waals surface area (Å²) in [6, 6.07) is 12.4. The van der Waals surface area contributed by atoms with Gasteiger partial charge in [0.2, 0.25) is 0 Å². The van der Waals surface area contributed by atoms with Gasteiger partial charge in [-0.2, -0.15) is 0 Å². The first-order valence-electron chi connectivity index (χ1n) is 6.15. The lowest BCUT2D eigenvalue weighted by atomic mass is 10.1. The number of benzene rings is 2. The first-order valence-corrected chi connectivity index (χ1v) is 7.23. The molecule has 0 saturated heterocycles. The number of anilines is 1. The summed E-state index contributed by atoms with van der Waals surface area (Å²) < 4.78 is 0.786. The second-order valence-electron chi connectivity index (χ2n) is 4.35. The summed E-state index contributed by atoms with van der Waals surface area (Å²) in [5, 5.41) is 3.70. The van der Waals surface area contributed by atoms with Crippen molar-refractivity contribution in [3.8, 4) is 0 Å². The van der Waals surface area contributed by atoms with Crippen molar-refractivity contribution in [2.45, 2.75) is 6.92 Å². The van der Waals surface area contributed by atoms with E-state index in [4.69, 9.17) is 16.3 Å². The molecule has 5 nitrogen and oxygen atoms in total. The highest BCUT2D eigenvalue weighted by atomic mass is 127. The number of carbonyl (C=O) groups is 1. The fourth-order valence-corrected chi connectivity index (χ4v) is 2.35. The Hall–Kier alpha value is -2.09. The molecule has 0 radical (unpaired) electrons. The van der Waals surface area contributed by atoms with E-state index in [1.165, 1.54) is 0 Å². The minimum absolute atomic E-state index is 0.110. The third kappa shape index (κ3) is 3.52. The van der Waals surface area contributed by atoms with Gasteiger partial charge in [-0.1, -0.05) is 29.4 Å². The molecule has 6 heteroatoms. The minimum atomic E-state index is -0.551. The number of halogens is 1. The van der Waals surface area contributed by atoms with Gasteiger partial charge in [-0.05, 0) is 53.3 Å². The molecular formula is C15H14IN3O2. The van der Waals surface area contributed by atoms with Crippen molar-refractivity contribution >= 4 is 40.1 Å². The molecule has 108 valence electrons. The van der Waals surface area contributed by atoms with Gasteiger partial charge in [-0.25, -0.2) is 4.79 Å². The third-order valence-electron chi connectivity index (χ3n) is 2.97. The van der Waals surface area contributed by atoms with Gasteiger partial charge in [-0.15, -0.1) is 0 Å². The van der Waals surface area contributed by atoms with Crippen molar-refractivity contribution in [2.24, 2.45) is 10.9 Å². The van der Waals surface area contributed by atoms with Crippen molar-refractivity contribution in [3.63, 3.8) is 0 Å². The van der Waals surface area contributed by atoms with E-state index in [1.54, 1.807) is 30.3 Å². The fraction of sp³-hybridized carbons (Fsp3) is 0.0667. The third-order valence-corrected chi connectivity index (χ3v) is 3.91. The molecule has 0 aromatic heterocycles. The summed E-state index contributed by atoms with van der Waals surface area (Å²) in [6.45, 7) is 1.83. The zero-order valence-corrected chi connectivity index (χ0v) is 13.5. The number of rotatable bonds is 3. The molecule has 0 atom stereocenters. The van der Waals surface area contributed by atoms with Crippen molar-refractivity contribution in [2.75, 3.05) is 5.73 Å². The topological polar surface area (TPSA) is 90.7 Å². The van der Waals surface area contributed by atoms with Crippen LogP contribution < -0.4 is 11.5 Å². The monoisotopic (exact) mass is 395 g/mol. The van der Waals surface area contributed by atoms with Gasteiger partial charge in [0.05, 0.1) is 5.56 Å². The summed E-state index contributed by atoms with van der Waals surface area (Å²) >= 11 is 2.06. The van der Waals surface area contributed by atoms with Crippen molar-refractivity contribution < 1.29 is 9.63 Å². The van der Waals surface area contributed by atoms with Gasteiger partial charge in [-0.3, -0.25) is 0 Å². The van der Waals surface area contributed by atoms with Crippen LogP contribution >= 0.6 is 22.6 Å². The summed E-state index contributed by atoms with van der Waals surface area (Å²) in [7, 11) is 0.